The molecule has 0 saturated carbocycles. The summed E-state index contributed by atoms with van der Waals surface area (Å²) in [7, 11) is 0. The average molecular weight is 302 g/mol. The molecule has 0 spiro atoms. The van der Waals surface area contributed by atoms with Gasteiger partial charge in [-0.3, -0.25) is 14.3 Å². The fourth-order valence-electron chi connectivity index (χ4n) is 2.22. The Morgan fingerprint density at radius 2 is 2.10 bits per heavy atom. The van der Waals surface area contributed by atoms with E-state index in [0.717, 1.165) is 0 Å². The van der Waals surface area contributed by atoms with Crippen LogP contribution in [0.3, 0.4) is 0 Å². The Balaban J connectivity index is 2.47. The van der Waals surface area contributed by atoms with Crippen LogP contribution in [-0.2, 0) is 0 Å². The van der Waals surface area contributed by atoms with E-state index in [0.29, 0.717) is 21.6 Å². The Bertz CT molecular complexity index is 860. The molecular formula is C15H12ClN3O2. The van der Waals surface area contributed by atoms with Crippen molar-refractivity contribution in [1.82, 2.24) is 14.5 Å². The topological polar surface area (TPSA) is 68.0 Å². The van der Waals surface area contributed by atoms with Crippen LogP contribution in [0.15, 0.2) is 47.5 Å². The lowest BCUT2D eigenvalue weighted by Crippen LogP contribution is -2.25. The number of pyridine rings is 1. The molecule has 21 heavy (non-hydrogen) atoms. The van der Waals surface area contributed by atoms with Crippen LogP contribution in [0.2, 0.25) is 5.02 Å². The maximum atomic E-state index is 12.8. The standard InChI is InChI=1S/C15H12ClN3O2/c1-9(20)14-18-12-6-2-5-11(16)13(12)15(21)19(14)10-4-3-7-17-8-10/h2-9,20H,1H3. The number of aromatic nitrogens is 3. The highest BCUT2D eigenvalue weighted by Crippen LogP contribution is 2.22. The number of hydrogen-bond donors (Lipinski definition) is 1. The van der Waals surface area contributed by atoms with Gasteiger partial charge >= 0.3 is 0 Å². The zero-order chi connectivity index (χ0) is 15.0. The Morgan fingerprint density at radius 3 is 2.76 bits per heavy atom. The molecule has 5 nitrogen and oxygen atoms in total. The molecule has 2 aromatic heterocycles. The highest BCUT2D eigenvalue weighted by Gasteiger charge is 2.17. The van der Waals surface area contributed by atoms with Crippen molar-refractivity contribution in [3.63, 3.8) is 0 Å². The highest BCUT2D eigenvalue weighted by atomic mass is 35.5. The number of hydrogen-bond acceptors (Lipinski definition) is 4. The average Bonchev–Trinajstić information content (AvgIpc) is 2.47. The molecule has 0 aliphatic rings. The van der Waals surface area contributed by atoms with Crippen molar-refractivity contribution >= 4 is 22.5 Å². The predicted molar refractivity (Wildman–Crippen MR) is 80.8 cm³/mol. The molecule has 0 aliphatic heterocycles. The van der Waals surface area contributed by atoms with Gasteiger partial charge in [-0.2, -0.15) is 0 Å². The molecular weight excluding hydrogens is 290 g/mol. The van der Waals surface area contributed by atoms with E-state index >= 15 is 0 Å². The molecule has 0 fully saturated rings. The summed E-state index contributed by atoms with van der Waals surface area (Å²) in [5.74, 6) is 0.253. The third-order valence-electron chi connectivity index (χ3n) is 3.15. The van der Waals surface area contributed by atoms with E-state index in [2.05, 4.69) is 9.97 Å². The van der Waals surface area contributed by atoms with Gasteiger partial charge in [0.1, 0.15) is 11.9 Å². The van der Waals surface area contributed by atoms with Gasteiger partial charge in [0.05, 0.1) is 27.8 Å². The minimum absolute atomic E-state index is 0.253. The van der Waals surface area contributed by atoms with Crippen LogP contribution >= 0.6 is 11.6 Å². The number of nitrogens with zero attached hydrogens (tertiary/aromatic N) is 3. The van der Waals surface area contributed by atoms with Gasteiger partial charge in [-0.15, -0.1) is 0 Å². The van der Waals surface area contributed by atoms with Gasteiger partial charge in [-0.05, 0) is 31.2 Å². The molecule has 3 aromatic rings. The molecule has 0 saturated heterocycles. The summed E-state index contributed by atoms with van der Waals surface area (Å²) in [4.78, 5) is 21.2. The molecule has 6 heteroatoms. The van der Waals surface area contributed by atoms with Crippen molar-refractivity contribution < 1.29 is 5.11 Å². The summed E-state index contributed by atoms with van der Waals surface area (Å²) < 4.78 is 1.34. The smallest absolute Gasteiger partial charge is 0.267 e. The monoisotopic (exact) mass is 301 g/mol. The first-order valence-corrected chi connectivity index (χ1v) is 6.77. The van der Waals surface area contributed by atoms with Crippen LogP contribution in [0.25, 0.3) is 16.6 Å². The first-order valence-electron chi connectivity index (χ1n) is 6.39. The van der Waals surface area contributed by atoms with E-state index in [4.69, 9.17) is 11.6 Å². The summed E-state index contributed by atoms with van der Waals surface area (Å²) in [6, 6.07) is 8.50. The molecule has 106 valence electrons. The number of halogens is 1. The fourth-order valence-corrected chi connectivity index (χ4v) is 2.47. The SMILES string of the molecule is CC(O)c1nc2cccc(Cl)c2c(=O)n1-c1cccnc1. The molecule has 2 heterocycles. The Labute approximate surface area is 125 Å². The lowest BCUT2D eigenvalue weighted by atomic mass is 10.2. The summed E-state index contributed by atoms with van der Waals surface area (Å²) in [5.41, 5.74) is 0.672. The molecule has 0 bridgehead atoms. The minimum atomic E-state index is -0.902. The third-order valence-corrected chi connectivity index (χ3v) is 3.47. The highest BCUT2D eigenvalue weighted by molar-refractivity contribution is 6.35. The van der Waals surface area contributed by atoms with Crippen LogP contribution in [0.4, 0.5) is 0 Å². The van der Waals surface area contributed by atoms with Crippen LogP contribution < -0.4 is 5.56 Å². The molecule has 0 radical (unpaired) electrons. The normalized spacial score (nSPS) is 12.5. The fraction of sp³-hybridized carbons (Fsp3) is 0.133. The summed E-state index contributed by atoms with van der Waals surface area (Å²) in [6.45, 7) is 1.56. The molecule has 1 atom stereocenters. The predicted octanol–water partition coefficient (Wildman–Crippen LogP) is 2.49. The second-order valence-corrected chi connectivity index (χ2v) is 5.04. The van der Waals surface area contributed by atoms with E-state index < -0.39 is 6.10 Å². The van der Waals surface area contributed by atoms with Crippen LogP contribution in [0.1, 0.15) is 18.9 Å². The molecule has 0 aliphatic carbocycles. The van der Waals surface area contributed by atoms with E-state index in [1.54, 1.807) is 43.5 Å². The summed E-state index contributed by atoms with van der Waals surface area (Å²) >= 11 is 6.12. The van der Waals surface area contributed by atoms with E-state index in [-0.39, 0.29) is 11.4 Å². The van der Waals surface area contributed by atoms with Gasteiger partial charge < -0.3 is 5.11 Å². The number of benzene rings is 1. The van der Waals surface area contributed by atoms with E-state index in [9.17, 15) is 9.90 Å². The Kier molecular flexibility index (Phi) is 3.45. The third kappa shape index (κ3) is 2.30. The maximum absolute atomic E-state index is 12.8. The van der Waals surface area contributed by atoms with Crippen LogP contribution in [0.5, 0.6) is 0 Å². The number of rotatable bonds is 2. The van der Waals surface area contributed by atoms with Crippen LogP contribution in [-0.4, -0.2) is 19.6 Å². The molecule has 1 unspecified atom stereocenters. The van der Waals surface area contributed by atoms with Crippen molar-refractivity contribution in [1.29, 1.82) is 0 Å². The van der Waals surface area contributed by atoms with E-state index in [1.165, 1.54) is 10.8 Å². The number of aliphatic hydroxyl groups is 1. The Hall–Kier alpha value is -2.24. The lowest BCUT2D eigenvalue weighted by Gasteiger charge is -2.15. The summed E-state index contributed by atoms with van der Waals surface area (Å²) in [6.07, 6.45) is 2.25. The molecule has 1 aromatic carbocycles. The van der Waals surface area contributed by atoms with E-state index in [1.807, 2.05) is 0 Å². The first-order chi connectivity index (χ1) is 10.1. The van der Waals surface area contributed by atoms with Gasteiger partial charge in [-0.1, -0.05) is 17.7 Å². The zero-order valence-electron chi connectivity index (χ0n) is 11.2. The largest absolute Gasteiger partial charge is 0.385 e. The van der Waals surface area contributed by atoms with Crippen LogP contribution in [0, 0.1) is 0 Å². The molecule has 3 rings (SSSR count). The second-order valence-electron chi connectivity index (χ2n) is 4.63. The van der Waals surface area contributed by atoms with Crippen molar-refractivity contribution in [2.24, 2.45) is 0 Å². The van der Waals surface area contributed by atoms with Gasteiger partial charge in [0, 0.05) is 6.20 Å². The van der Waals surface area contributed by atoms with Crippen molar-refractivity contribution in [3.8, 4) is 5.69 Å². The molecule has 1 N–H and O–H groups in total. The first kappa shape index (κ1) is 13.7. The molecule has 0 amide bonds. The van der Waals surface area contributed by atoms with Gasteiger partial charge in [0.25, 0.3) is 5.56 Å². The Morgan fingerprint density at radius 1 is 1.29 bits per heavy atom. The zero-order valence-corrected chi connectivity index (χ0v) is 11.9. The maximum Gasteiger partial charge on any atom is 0.267 e. The summed E-state index contributed by atoms with van der Waals surface area (Å²) in [5, 5.41) is 10.6. The number of fused-ring (bicyclic) bond motifs is 1. The van der Waals surface area contributed by atoms with Crippen molar-refractivity contribution in [3.05, 3.63) is 63.9 Å². The van der Waals surface area contributed by atoms with Crippen molar-refractivity contribution in [2.75, 3.05) is 0 Å². The quantitative estimate of drug-likeness (QED) is 0.789. The van der Waals surface area contributed by atoms with Crippen molar-refractivity contribution in [2.45, 2.75) is 13.0 Å². The van der Waals surface area contributed by atoms with Gasteiger partial charge in [0.2, 0.25) is 0 Å². The number of aliphatic hydroxyl groups excluding tert-OH is 1. The second kappa shape index (κ2) is 5.27. The van der Waals surface area contributed by atoms with Gasteiger partial charge in [0.15, 0.2) is 0 Å². The minimum Gasteiger partial charge on any atom is -0.385 e. The lowest BCUT2D eigenvalue weighted by molar-refractivity contribution is 0.186. The van der Waals surface area contributed by atoms with Gasteiger partial charge in [-0.25, -0.2) is 4.98 Å².